The topological polar surface area (TPSA) is 92.5 Å². The first-order valence-corrected chi connectivity index (χ1v) is 9.19. The maximum atomic E-state index is 13.1. The van der Waals surface area contributed by atoms with Crippen LogP contribution in [-0.2, 0) is 26.2 Å². The number of likely N-dealkylation sites (tertiary alicyclic amines) is 1. The van der Waals surface area contributed by atoms with Crippen molar-refractivity contribution in [2.75, 3.05) is 13.6 Å². The van der Waals surface area contributed by atoms with E-state index in [-0.39, 0.29) is 24.7 Å². The fourth-order valence-corrected chi connectivity index (χ4v) is 4.44. The number of hydrogen-bond acceptors (Lipinski definition) is 4. The maximum absolute atomic E-state index is 13.1. The average Bonchev–Trinajstić information content (AvgIpc) is 3.13. The zero-order chi connectivity index (χ0) is 19.1. The number of ketones is 1. The molecule has 2 aliphatic rings. The van der Waals surface area contributed by atoms with Gasteiger partial charge in [-0.25, -0.2) is 0 Å². The Morgan fingerprint density at radius 2 is 2.04 bits per heavy atom. The summed E-state index contributed by atoms with van der Waals surface area (Å²) in [5.41, 5.74) is 6.75. The molecule has 1 aliphatic heterocycles. The van der Waals surface area contributed by atoms with Crippen LogP contribution in [-0.4, -0.2) is 48.2 Å². The highest BCUT2D eigenvalue weighted by Gasteiger charge is 2.56. The molecule has 1 aliphatic carbocycles. The van der Waals surface area contributed by atoms with E-state index in [4.69, 9.17) is 5.73 Å². The number of primary amides is 1. The minimum atomic E-state index is -0.803. The van der Waals surface area contributed by atoms with Gasteiger partial charge in [-0.2, -0.15) is 0 Å². The lowest BCUT2D eigenvalue weighted by molar-refractivity contribution is -0.139. The van der Waals surface area contributed by atoms with Crippen LogP contribution in [0.1, 0.15) is 37.8 Å². The van der Waals surface area contributed by atoms with Crippen molar-refractivity contribution >= 4 is 17.6 Å². The molecule has 0 unspecified atom stereocenters. The number of Topliss-reactive ketones (excluding diaryl/α,β-unsaturated/α-hetero) is 1. The number of carbonyl (C=O) groups excluding carboxylic acids is 3. The molecule has 0 radical (unpaired) electrons. The molecule has 2 amide bonds. The summed E-state index contributed by atoms with van der Waals surface area (Å²) in [6.07, 6.45) is 1.29. The van der Waals surface area contributed by atoms with Gasteiger partial charge in [0, 0.05) is 13.0 Å². The van der Waals surface area contributed by atoms with E-state index in [1.165, 1.54) is 4.90 Å². The number of carbonyl (C=O) groups is 3. The minimum Gasteiger partial charge on any atom is -0.368 e. The van der Waals surface area contributed by atoms with Gasteiger partial charge in [-0.3, -0.25) is 14.4 Å². The van der Waals surface area contributed by atoms with Gasteiger partial charge in [0.15, 0.2) is 0 Å². The van der Waals surface area contributed by atoms with Crippen molar-refractivity contribution in [2.24, 2.45) is 11.7 Å². The number of nitrogens with zero attached hydrogens (tertiary/aromatic N) is 1. The average molecular weight is 357 g/mol. The zero-order valence-corrected chi connectivity index (χ0v) is 15.6. The summed E-state index contributed by atoms with van der Waals surface area (Å²) >= 11 is 0. The van der Waals surface area contributed by atoms with Gasteiger partial charge < -0.3 is 16.0 Å². The highest BCUT2D eigenvalue weighted by atomic mass is 16.2. The molecular formula is C20H27N3O3. The fraction of sp³-hybridized carbons (Fsp3) is 0.550. The van der Waals surface area contributed by atoms with Crippen LogP contribution in [0.3, 0.4) is 0 Å². The van der Waals surface area contributed by atoms with Crippen LogP contribution in [0.4, 0.5) is 0 Å². The first-order valence-electron chi connectivity index (χ1n) is 9.19. The molecule has 6 nitrogen and oxygen atoms in total. The standard InChI is InChI=1S/C20H27N3O3/c1-12(2)8-15(22-3)19(26)23-11-20(10-16(23)18(21)25)14-7-5-4-6-13(14)9-17(20)24/h4-7,12,15-16,22H,8-11H2,1-3H3,(H2,21,25)/t15-,16-,20-/m0/s1. The third kappa shape index (κ3) is 2.92. The van der Waals surface area contributed by atoms with Crippen molar-refractivity contribution in [1.82, 2.24) is 10.2 Å². The van der Waals surface area contributed by atoms with Gasteiger partial charge in [-0.15, -0.1) is 0 Å². The summed E-state index contributed by atoms with van der Waals surface area (Å²) in [6.45, 7) is 4.32. The van der Waals surface area contributed by atoms with Gasteiger partial charge >= 0.3 is 0 Å². The number of fused-ring (bicyclic) bond motifs is 2. The SMILES string of the molecule is CN[C@@H](CC(C)C)C(=O)N1C[C@]2(C[C@H]1C(N)=O)C(=O)Cc1ccccc12. The predicted octanol–water partition coefficient (Wildman–Crippen LogP) is 0.770. The van der Waals surface area contributed by atoms with Crippen molar-refractivity contribution in [3.05, 3.63) is 35.4 Å². The van der Waals surface area contributed by atoms with Gasteiger partial charge in [0.25, 0.3) is 0 Å². The van der Waals surface area contributed by atoms with Gasteiger partial charge in [0.2, 0.25) is 11.8 Å². The van der Waals surface area contributed by atoms with E-state index < -0.39 is 23.4 Å². The Balaban J connectivity index is 1.96. The quantitative estimate of drug-likeness (QED) is 0.814. The predicted molar refractivity (Wildman–Crippen MR) is 98.4 cm³/mol. The molecule has 26 heavy (non-hydrogen) atoms. The van der Waals surface area contributed by atoms with Crippen LogP contribution in [0, 0.1) is 5.92 Å². The smallest absolute Gasteiger partial charge is 0.240 e. The number of likely N-dealkylation sites (N-methyl/N-ethyl adjacent to an activating group) is 1. The first-order chi connectivity index (χ1) is 12.3. The highest BCUT2D eigenvalue weighted by molar-refractivity contribution is 6.00. The third-order valence-corrected chi connectivity index (χ3v) is 5.74. The van der Waals surface area contributed by atoms with Crippen molar-refractivity contribution in [2.45, 2.75) is 50.6 Å². The van der Waals surface area contributed by atoms with Crippen LogP contribution in [0.25, 0.3) is 0 Å². The molecule has 3 atom stereocenters. The molecule has 0 bridgehead atoms. The molecule has 6 heteroatoms. The monoisotopic (exact) mass is 357 g/mol. The van der Waals surface area contributed by atoms with Gasteiger partial charge in [0.05, 0.1) is 11.5 Å². The Hall–Kier alpha value is -2.21. The zero-order valence-electron chi connectivity index (χ0n) is 15.6. The molecule has 1 fully saturated rings. The van der Waals surface area contributed by atoms with E-state index >= 15 is 0 Å². The molecular weight excluding hydrogens is 330 g/mol. The largest absolute Gasteiger partial charge is 0.368 e. The summed E-state index contributed by atoms with van der Waals surface area (Å²) in [5.74, 6) is -0.301. The van der Waals surface area contributed by atoms with Crippen LogP contribution in [0.15, 0.2) is 24.3 Å². The Kier molecular flexibility index (Phi) is 4.88. The second-order valence-electron chi connectivity index (χ2n) is 7.90. The van der Waals surface area contributed by atoms with Crippen LogP contribution >= 0.6 is 0 Å². The molecule has 3 N–H and O–H groups in total. The second kappa shape index (κ2) is 6.83. The molecule has 1 aromatic rings. The second-order valence-corrected chi connectivity index (χ2v) is 7.90. The van der Waals surface area contributed by atoms with E-state index in [2.05, 4.69) is 5.32 Å². The highest BCUT2D eigenvalue weighted by Crippen LogP contribution is 2.45. The number of amides is 2. The lowest BCUT2D eigenvalue weighted by Crippen LogP contribution is -2.51. The van der Waals surface area contributed by atoms with Gasteiger partial charge in [-0.1, -0.05) is 38.1 Å². The van der Waals surface area contributed by atoms with Gasteiger partial charge in [0.1, 0.15) is 11.8 Å². The fourth-order valence-electron chi connectivity index (χ4n) is 4.44. The van der Waals surface area contributed by atoms with E-state index in [9.17, 15) is 14.4 Å². The Morgan fingerprint density at radius 1 is 1.35 bits per heavy atom. The summed E-state index contributed by atoms with van der Waals surface area (Å²) in [5, 5.41) is 3.05. The summed E-state index contributed by atoms with van der Waals surface area (Å²) in [7, 11) is 1.74. The van der Waals surface area contributed by atoms with Crippen LogP contribution in [0.2, 0.25) is 0 Å². The minimum absolute atomic E-state index is 0.0742. The Labute approximate surface area is 154 Å². The molecule has 1 aromatic carbocycles. The van der Waals surface area contributed by atoms with E-state index in [1.54, 1.807) is 7.05 Å². The lowest BCUT2D eigenvalue weighted by atomic mass is 9.79. The molecule has 3 rings (SSSR count). The summed E-state index contributed by atoms with van der Waals surface area (Å²) in [6, 6.07) is 6.56. The van der Waals surface area contributed by atoms with Crippen molar-refractivity contribution < 1.29 is 14.4 Å². The number of benzene rings is 1. The Bertz CT molecular complexity index is 746. The van der Waals surface area contributed by atoms with Crippen LogP contribution in [0.5, 0.6) is 0 Å². The van der Waals surface area contributed by atoms with E-state index in [1.807, 2.05) is 38.1 Å². The van der Waals surface area contributed by atoms with Gasteiger partial charge in [-0.05, 0) is 36.9 Å². The van der Waals surface area contributed by atoms with Crippen LogP contribution < -0.4 is 11.1 Å². The molecule has 1 heterocycles. The number of nitrogens with two attached hydrogens (primary N) is 1. The summed E-state index contributed by atoms with van der Waals surface area (Å²) < 4.78 is 0. The third-order valence-electron chi connectivity index (χ3n) is 5.74. The number of nitrogens with one attached hydrogen (secondary N) is 1. The molecule has 1 spiro atoms. The maximum Gasteiger partial charge on any atom is 0.240 e. The van der Waals surface area contributed by atoms with Crippen molar-refractivity contribution in [3.8, 4) is 0 Å². The first kappa shape index (κ1) is 18.6. The number of rotatable bonds is 5. The molecule has 140 valence electrons. The number of hydrogen-bond donors (Lipinski definition) is 2. The van der Waals surface area contributed by atoms with Crippen molar-refractivity contribution in [1.29, 1.82) is 0 Å². The normalized spacial score (nSPS) is 25.8. The molecule has 0 aromatic heterocycles. The van der Waals surface area contributed by atoms with Crippen molar-refractivity contribution in [3.63, 3.8) is 0 Å². The lowest BCUT2D eigenvalue weighted by Gasteiger charge is -2.28. The molecule has 1 saturated heterocycles. The Morgan fingerprint density at radius 3 is 2.65 bits per heavy atom. The van der Waals surface area contributed by atoms with E-state index in [0.29, 0.717) is 18.8 Å². The molecule has 0 saturated carbocycles. The van der Waals surface area contributed by atoms with E-state index in [0.717, 1.165) is 11.1 Å². The summed E-state index contributed by atoms with van der Waals surface area (Å²) in [4.78, 5) is 39.7.